The molecule has 0 aromatic heterocycles. The second-order valence-electron chi connectivity index (χ2n) is 12.2. The van der Waals surface area contributed by atoms with E-state index in [2.05, 4.69) is 18.8 Å². The molecule has 0 saturated carbocycles. The third-order valence-corrected chi connectivity index (χ3v) is 8.14. The molecule has 0 unspecified atom stereocenters. The van der Waals surface area contributed by atoms with Gasteiger partial charge >= 0.3 is 5.97 Å². The Morgan fingerprint density at radius 2 is 1.07 bits per heavy atom. The first kappa shape index (κ1) is 36.9. The molecule has 0 fully saturated rings. The Balaban J connectivity index is 1.32. The van der Waals surface area contributed by atoms with Gasteiger partial charge in [-0.3, -0.25) is 4.99 Å². The maximum Gasteiger partial charge on any atom is 0.343 e. The van der Waals surface area contributed by atoms with Crippen molar-refractivity contribution in [3.8, 4) is 17.2 Å². The van der Waals surface area contributed by atoms with Crippen LogP contribution in [0.3, 0.4) is 0 Å². The first-order chi connectivity index (χ1) is 22.7. The number of benzene rings is 3. The van der Waals surface area contributed by atoms with Crippen molar-refractivity contribution < 1.29 is 19.0 Å². The van der Waals surface area contributed by atoms with Crippen LogP contribution in [0, 0.1) is 0 Å². The van der Waals surface area contributed by atoms with E-state index < -0.39 is 5.97 Å². The summed E-state index contributed by atoms with van der Waals surface area (Å²) in [5, 5.41) is 0. The van der Waals surface area contributed by atoms with Crippen molar-refractivity contribution in [1.82, 2.24) is 0 Å². The lowest BCUT2D eigenvalue weighted by atomic mass is 10.1. The van der Waals surface area contributed by atoms with Crippen LogP contribution < -0.4 is 14.2 Å². The largest absolute Gasteiger partial charge is 0.494 e. The summed E-state index contributed by atoms with van der Waals surface area (Å²) in [6.07, 6.45) is 23.7. The topological polar surface area (TPSA) is 57.1 Å². The van der Waals surface area contributed by atoms with Crippen molar-refractivity contribution in [3.63, 3.8) is 0 Å². The van der Waals surface area contributed by atoms with Gasteiger partial charge in [-0.05, 0) is 79.1 Å². The third-order valence-electron chi connectivity index (χ3n) is 8.14. The molecule has 250 valence electrons. The fourth-order valence-corrected chi connectivity index (χ4v) is 5.31. The Kier molecular flexibility index (Phi) is 19.0. The molecule has 46 heavy (non-hydrogen) atoms. The molecule has 0 amide bonds. The summed E-state index contributed by atoms with van der Waals surface area (Å²) in [5.74, 6) is 1.72. The number of unbranched alkanes of at least 4 members (excludes halogenated alkanes) is 15. The van der Waals surface area contributed by atoms with Gasteiger partial charge in [0.1, 0.15) is 17.2 Å². The molecule has 3 aromatic carbocycles. The molecule has 0 radical (unpaired) electrons. The zero-order valence-corrected chi connectivity index (χ0v) is 28.5. The normalized spacial score (nSPS) is 11.2. The highest BCUT2D eigenvalue weighted by molar-refractivity contribution is 5.91. The highest BCUT2D eigenvalue weighted by Crippen LogP contribution is 2.22. The molecule has 5 nitrogen and oxygen atoms in total. The van der Waals surface area contributed by atoms with Crippen molar-refractivity contribution in [1.29, 1.82) is 0 Å². The maximum atomic E-state index is 12.7. The summed E-state index contributed by atoms with van der Waals surface area (Å²) in [6.45, 7) is 5.95. The fourth-order valence-electron chi connectivity index (χ4n) is 5.31. The number of ether oxygens (including phenoxy) is 3. The maximum absolute atomic E-state index is 12.7. The van der Waals surface area contributed by atoms with Crippen LogP contribution >= 0.6 is 0 Å². The molecule has 0 atom stereocenters. The number of nitrogens with zero attached hydrogens (tertiary/aromatic N) is 1. The van der Waals surface area contributed by atoms with E-state index in [1.165, 1.54) is 96.3 Å². The second kappa shape index (κ2) is 23.7. The number of hydrogen-bond donors (Lipinski definition) is 0. The minimum absolute atomic E-state index is 0.393. The minimum Gasteiger partial charge on any atom is -0.494 e. The van der Waals surface area contributed by atoms with Gasteiger partial charge in [-0.2, -0.15) is 0 Å². The Morgan fingerprint density at radius 1 is 0.565 bits per heavy atom. The van der Waals surface area contributed by atoms with Crippen molar-refractivity contribution in [3.05, 3.63) is 83.9 Å². The van der Waals surface area contributed by atoms with Crippen molar-refractivity contribution in [2.45, 2.75) is 123 Å². The standard InChI is InChI=1S/C41H57NO4/c1-3-5-7-9-11-13-15-16-18-31-44-38-29-25-36(26-30-38)41(43)46-39-27-23-35(24-28-39)34-42-37-21-20-22-40(33-37)45-32-19-17-14-12-10-8-6-4-2/h20-30,33-34H,3-19,31-32H2,1-2H3. The second-order valence-corrected chi connectivity index (χ2v) is 12.2. The van der Waals surface area contributed by atoms with Gasteiger partial charge in [0.25, 0.3) is 0 Å². The van der Waals surface area contributed by atoms with E-state index in [0.29, 0.717) is 17.9 Å². The van der Waals surface area contributed by atoms with Crippen LogP contribution in [-0.4, -0.2) is 25.4 Å². The molecule has 0 aliphatic heterocycles. The molecule has 5 heteroatoms. The van der Waals surface area contributed by atoms with E-state index in [0.717, 1.165) is 42.2 Å². The van der Waals surface area contributed by atoms with Crippen LogP contribution in [0.5, 0.6) is 17.2 Å². The van der Waals surface area contributed by atoms with Gasteiger partial charge in [0.2, 0.25) is 0 Å². The van der Waals surface area contributed by atoms with Crippen LogP contribution in [0.2, 0.25) is 0 Å². The van der Waals surface area contributed by atoms with Crippen LogP contribution in [0.25, 0.3) is 0 Å². The number of aliphatic imine (C=N–C) groups is 1. The average Bonchev–Trinajstić information content (AvgIpc) is 3.08. The molecule has 0 bridgehead atoms. The first-order valence-electron chi connectivity index (χ1n) is 18.0. The van der Waals surface area contributed by atoms with E-state index in [4.69, 9.17) is 14.2 Å². The molecule has 3 rings (SSSR count). The summed E-state index contributed by atoms with van der Waals surface area (Å²) < 4.78 is 17.4. The highest BCUT2D eigenvalue weighted by atomic mass is 16.5. The predicted octanol–water partition coefficient (Wildman–Crippen LogP) is 12.1. The minimum atomic E-state index is -0.393. The van der Waals surface area contributed by atoms with E-state index in [-0.39, 0.29) is 0 Å². The van der Waals surface area contributed by atoms with Crippen molar-refractivity contribution in [2.75, 3.05) is 13.2 Å². The lowest BCUT2D eigenvalue weighted by Gasteiger charge is -2.08. The Hall–Kier alpha value is -3.60. The van der Waals surface area contributed by atoms with Gasteiger partial charge in [-0.1, -0.05) is 116 Å². The molecular formula is C41H57NO4. The van der Waals surface area contributed by atoms with Crippen LogP contribution in [-0.2, 0) is 0 Å². The molecule has 0 aliphatic rings. The monoisotopic (exact) mass is 627 g/mol. The van der Waals surface area contributed by atoms with Gasteiger partial charge in [-0.25, -0.2) is 4.79 Å². The molecule has 0 aliphatic carbocycles. The number of esters is 1. The molecular weight excluding hydrogens is 570 g/mol. The fraction of sp³-hybridized carbons (Fsp3) is 0.512. The van der Waals surface area contributed by atoms with Gasteiger partial charge in [0.05, 0.1) is 24.5 Å². The highest BCUT2D eigenvalue weighted by Gasteiger charge is 2.09. The third kappa shape index (κ3) is 16.1. The van der Waals surface area contributed by atoms with Crippen LogP contribution in [0.4, 0.5) is 5.69 Å². The summed E-state index contributed by atoms with van der Waals surface area (Å²) in [4.78, 5) is 17.3. The van der Waals surface area contributed by atoms with Gasteiger partial charge in [0.15, 0.2) is 0 Å². The van der Waals surface area contributed by atoms with Gasteiger partial charge < -0.3 is 14.2 Å². The van der Waals surface area contributed by atoms with E-state index in [1.54, 1.807) is 30.5 Å². The molecule has 3 aromatic rings. The van der Waals surface area contributed by atoms with Crippen molar-refractivity contribution >= 4 is 17.9 Å². The number of carbonyl (C=O) groups excluding carboxylic acids is 1. The zero-order valence-electron chi connectivity index (χ0n) is 28.5. The lowest BCUT2D eigenvalue weighted by molar-refractivity contribution is 0.0734. The van der Waals surface area contributed by atoms with Crippen molar-refractivity contribution in [2.24, 2.45) is 4.99 Å². The van der Waals surface area contributed by atoms with Crippen LogP contribution in [0.15, 0.2) is 77.8 Å². The molecule has 0 spiro atoms. The Labute approximate surface area is 278 Å². The summed E-state index contributed by atoms with van der Waals surface area (Å²) in [7, 11) is 0. The van der Waals surface area contributed by atoms with Gasteiger partial charge in [0, 0.05) is 12.3 Å². The quantitative estimate of drug-likeness (QED) is 0.0406. The number of rotatable bonds is 25. The molecule has 0 heterocycles. The summed E-state index contributed by atoms with van der Waals surface area (Å²) in [6, 6.07) is 22.4. The Bertz CT molecular complexity index is 1240. The number of hydrogen-bond acceptors (Lipinski definition) is 5. The van der Waals surface area contributed by atoms with E-state index in [9.17, 15) is 4.79 Å². The average molecular weight is 628 g/mol. The summed E-state index contributed by atoms with van der Waals surface area (Å²) >= 11 is 0. The van der Waals surface area contributed by atoms with E-state index in [1.807, 2.05) is 48.5 Å². The molecule has 0 N–H and O–H groups in total. The summed E-state index contributed by atoms with van der Waals surface area (Å²) in [5.41, 5.74) is 2.24. The predicted molar refractivity (Wildman–Crippen MR) is 192 cm³/mol. The zero-order chi connectivity index (χ0) is 32.5. The SMILES string of the molecule is CCCCCCCCCCCOc1ccc(C(=O)Oc2ccc(C=Nc3cccc(OCCCCCCCCCC)c3)cc2)cc1. The first-order valence-corrected chi connectivity index (χ1v) is 18.0. The van der Waals surface area contributed by atoms with Gasteiger partial charge in [-0.15, -0.1) is 0 Å². The van der Waals surface area contributed by atoms with E-state index >= 15 is 0 Å². The smallest absolute Gasteiger partial charge is 0.343 e. The van der Waals surface area contributed by atoms with Crippen LogP contribution in [0.1, 0.15) is 139 Å². The number of carbonyl (C=O) groups is 1. The molecule has 0 saturated heterocycles. The Morgan fingerprint density at radius 3 is 1.63 bits per heavy atom. The lowest BCUT2D eigenvalue weighted by Crippen LogP contribution is -2.08.